The molecule has 2 aliphatic rings. The van der Waals surface area contributed by atoms with Crippen molar-refractivity contribution in [1.29, 1.82) is 0 Å². The Hall–Kier alpha value is -3.24. The maximum atomic E-state index is 13.2. The minimum Gasteiger partial charge on any atom is -0.469 e. The predicted octanol–water partition coefficient (Wildman–Crippen LogP) is 7.02. The van der Waals surface area contributed by atoms with Crippen LogP contribution in [-0.4, -0.2) is 36.4 Å². The van der Waals surface area contributed by atoms with E-state index in [-0.39, 0.29) is 33.7 Å². The largest absolute Gasteiger partial charge is 0.469 e. The minimum atomic E-state index is -3.78. The molecule has 2 N–H and O–H groups in total. The summed E-state index contributed by atoms with van der Waals surface area (Å²) in [6.07, 6.45) is 4.43. The summed E-state index contributed by atoms with van der Waals surface area (Å²) in [6, 6.07) is 28.4. The zero-order chi connectivity index (χ0) is 35.5. The van der Waals surface area contributed by atoms with Gasteiger partial charge in [-0.2, -0.15) is 0 Å². The zero-order valence-corrected chi connectivity index (χ0v) is 32.0. The normalized spacial score (nSPS) is 22.0. The number of methoxy groups -OCH3 is 1. The van der Waals surface area contributed by atoms with Crippen LogP contribution in [0.5, 0.6) is 0 Å². The van der Waals surface area contributed by atoms with Crippen LogP contribution in [0.4, 0.5) is 0 Å². The van der Waals surface area contributed by atoms with Crippen LogP contribution in [0, 0.1) is 30.1 Å². The molecule has 0 saturated heterocycles. The van der Waals surface area contributed by atoms with Gasteiger partial charge in [0.25, 0.3) is 18.3 Å². The molecule has 4 atom stereocenters. The number of rotatable bonds is 13. The van der Waals surface area contributed by atoms with Crippen molar-refractivity contribution in [2.75, 3.05) is 13.7 Å². The molecule has 7 nitrogen and oxygen atoms in total. The van der Waals surface area contributed by atoms with E-state index < -0.39 is 18.3 Å². The van der Waals surface area contributed by atoms with E-state index in [0.29, 0.717) is 31.3 Å². The van der Waals surface area contributed by atoms with Crippen molar-refractivity contribution in [1.82, 2.24) is 10.3 Å². The van der Waals surface area contributed by atoms with Gasteiger partial charge in [-0.25, -0.2) is 8.42 Å². The first-order valence-electron chi connectivity index (χ1n) is 17.6. The third-order valence-electron chi connectivity index (χ3n) is 11.3. The van der Waals surface area contributed by atoms with Gasteiger partial charge in [-0.1, -0.05) is 113 Å². The molecule has 2 aliphatic carbocycles. The van der Waals surface area contributed by atoms with Crippen molar-refractivity contribution in [3.8, 4) is 0 Å². The summed E-state index contributed by atoms with van der Waals surface area (Å²) in [7, 11) is -5.04. The van der Waals surface area contributed by atoms with E-state index in [1.165, 1.54) is 17.5 Å². The number of hydrogen-bond donors (Lipinski definition) is 2. The second-order valence-corrected chi connectivity index (χ2v) is 21.3. The molecule has 0 bridgehead atoms. The van der Waals surface area contributed by atoms with E-state index in [2.05, 4.69) is 106 Å². The van der Waals surface area contributed by atoms with Crippen LogP contribution < -0.4 is 20.6 Å². The maximum Gasteiger partial charge on any atom is 0.305 e. The smallest absolute Gasteiger partial charge is 0.305 e. The van der Waals surface area contributed by atoms with Gasteiger partial charge in [0.15, 0.2) is 0 Å². The molecule has 0 heterocycles. The number of allylic oxidation sites excluding steroid dienone is 2. The molecule has 49 heavy (non-hydrogen) atoms. The summed E-state index contributed by atoms with van der Waals surface area (Å²) in [4.78, 5) is 15.2. The molecular formula is C40H54N2O5SSi. The van der Waals surface area contributed by atoms with Gasteiger partial charge in [0.1, 0.15) is 0 Å². The summed E-state index contributed by atoms with van der Waals surface area (Å²) in [6.45, 7) is 14.3. The third kappa shape index (κ3) is 7.60. The lowest BCUT2D eigenvalue weighted by Gasteiger charge is -2.47. The molecule has 3 aromatic rings. The number of sulfonamides is 1. The Morgan fingerprint density at radius 3 is 2.10 bits per heavy atom. The highest BCUT2D eigenvalue weighted by atomic mass is 32.2. The van der Waals surface area contributed by atoms with Crippen molar-refractivity contribution < 1.29 is 22.4 Å². The molecule has 0 radical (unpaired) electrons. The molecule has 0 aliphatic heterocycles. The number of aryl methyl sites for hydroxylation is 1. The highest BCUT2D eigenvalue weighted by molar-refractivity contribution is 7.89. The Morgan fingerprint density at radius 2 is 1.55 bits per heavy atom. The molecule has 5 rings (SSSR count). The van der Waals surface area contributed by atoms with Crippen LogP contribution in [0.15, 0.2) is 101 Å². The Balaban J connectivity index is 1.41. The molecule has 1 saturated carbocycles. The van der Waals surface area contributed by atoms with Crippen molar-refractivity contribution in [3.05, 3.63) is 102 Å². The number of benzene rings is 3. The van der Waals surface area contributed by atoms with E-state index in [4.69, 9.17) is 9.16 Å². The first-order chi connectivity index (χ1) is 23.2. The topological polar surface area (TPSA) is 93.7 Å². The fourth-order valence-electron chi connectivity index (χ4n) is 8.74. The van der Waals surface area contributed by atoms with Crippen LogP contribution in [0.2, 0.25) is 5.04 Å². The summed E-state index contributed by atoms with van der Waals surface area (Å²) < 4.78 is 38.8. The molecule has 0 spiro atoms. The summed E-state index contributed by atoms with van der Waals surface area (Å²) in [5, 5.41) is 2.47. The van der Waals surface area contributed by atoms with Gasteiger partial charge in [0, 0.05) is 18.7 Å². The first kappa shape index (κ1) is 37.0. The Kier molecular flexibility index (Phi) is 11.3. The number of hydrogen-bond acceptors (Lipinski definition) is 6. The lowest BCUT2D eigenvalue weighted by Crippen LogP contribution is -2.67. The lowest BCUT2D eigenvalue weighted by atomic mass is 9.61. The molecule has 3 aromatic carbocycles. The van der Waals surface area contributed by atoms with Crippen LogP contribution in [0.1, 0.15) is 78.7 Å². The summed E-state index contributed by atoms with van der Waals surface area (Å²) >= 11 is 0. The number of nitrogens with one attached hydrogen (secondary N) is 2. The van der Waals surface area contributed by atoms with Crippen molar-refractivity contribution in [2.24, 2.45) is 23.2 Å². The van der Waals surface area contributed by atoms with E-state index in [0.717, 1.165) is 36.1 Å². The minimum absolute atomic E-state index is 0.0132. The van der Waals surface area contributed by atoms with Gasteiger partial charge >= 0.3 is 5.97 Å². The van der Waals surface area contributed by atoms with Gasteiger partial charge in [-0.15, -0.1) is 4.83 Å². The predicted molar refractivity (Wildman–Crippen MR) is 199 cm³/mol. The number of ether oxygens (including phenoxy) is 1. The summed E-state index contributed by atoms with van der Waals surface area (Å²) in [5.41, 5.74) is 6.10. The highest BCUT2D eigenvalue weighted by Gasteiger charge is 2.54. The second-order valence-electron chi connectivity index (χ2n) is 15.3. The fraction of sp³-hybridized carbons (Fsp3) is 0.475. The number of fused-ring (bicyclic) bond motifs is 1. The molecule has 9 heteroatoms. The molecule has 264 valence electrons. The standard InChI is InChI=1S/C40H54N2O5SSi/c1-29-18-20-31(21-19-29)48(44,45)42-41-37-26-27-40(6)35(23-24-36(40)34(37)22-25-38(43)46-7)30(2)28-47-49(39(3,4)5,32-14-10-8-11-15-32)33-16-12-9-13-17-33/h8-21,30,35-36,41-42H,22-28H2,1-7H3/t30?,35-,36-,40+/m1/s1. The molecular weight excluding hydrogens is 649 g/mol. The van der Waals surface area contributed by atoms with Crippen molar-refractivity contribution in [3.63, 3.8) is 0 Å². The third-order valence-corrected chi connectivity index (χ3v) is 17.6. The second kappa shape index (κ2) is 14.9. The van der Waals surface area contributed by atoms with Crippen molar-refractivity contribution in [2.45, 2.75) is 90.0 Å². The summed E-state index contributed by atoms with van der Waals surface area (Å²) in [5.74, 6) is 0.668. The average molecular weight is 703 g/mol. The van der Waals surface area contributed by atoms with Crippen LogP contribution >= 0.6 is 0 Å². The Labute approximate surface area is 295 Å². The van der Waals surface area contributed by atoms with E-state index in [1.807, 2.05) is 6.92 Å². The monoisotopic (exact) mass is 702 g/mol. The number of esters is 1. The van der Waals surface area contributed by atoms with Crippen LogP contribution in [-0.2, 0) is 24.0 Å². The van der Waals surface area contributed by atoms with Gasteiger partial charge in [0.2, 0.25) is 0 Å². The lowest BCUT2D eigenvalue weighted by molar-refractivity contribution is -0.140. The number of carbonyl (C=O) groups excluding carboxylic acids is 1. The number of carbonyl (C=O) groups is 1. The van der Waals surface area contributed by atoms with Gasteiger partial charge in [-0.05, 0) is 95.3 Å². The van der Waals surface area contributed by atoms with Crippen LogP contribution in [0.3, 0.4) is 0 Å². The van der Waals surface area contributed by atoms with E-state index in [1.54, 1.807) is 24.3 Å². The van der Waals surface area contributed by atoms with Gasteiger partial charge in [-0.3, -0.25) is 4.79 Å². The maximum absolute atomic E-state index is 13.2. The average Bonchev–Trinajstić information content (AvgIpc) is 3.44. The molecule has 0 aromatic heterocycles. The highest BCUT2D eigenvalue weighted by Crippen LogP contribution is 2.60. The van der Waals surface area contributed by atoms with E-state index in [9.17, 15) is 13.2 Å². The Bertz CT molecular complexity index is 1680. The zero-order valence-electron chi connectivity index (χ0n) is 30.2. The molecule has 0 amide bonds. The SMILES string of the molecule is COC(=O)CCC1=C(NNS(=O)(=O)c2ccc(C)cc2)CC[C@]2(C)[C@@H]1CC[C@@H]2C(C)CO[Si](c1ccccc1)(c1ccccc1)C(C)(C)C. The molecule has 1 unspecified atom stereocenters. The Morgan fingerprint density at radius 1 is 0.959 bits per heavy atom. The fourth-order valence-corrected chi connectivity index (χ4v) is 14.3. The van der Waals surface area contributed by atoms with Crippen molar-refractivity contribution >= 4 is 34.7 Å². The first-order valence-corrected chi connectivity index (χ1v) is 21.0. The van der Waals surface area contributed by atoms with E-state index >= 15 is 0 Å². The van der Waals surface area contributed by atoms with Gasteiger partial charge < -0.3 is 14.6 Å². The van der Waals surface area contributed by atoms with Gasteiger partial charge in [0.05, 0.1) is 12.0 Å². The number of hydrazine groups is 1. The van der Waals surface area contributed by atoms with Crippen LogP contribution in [0.25, 0.3) is 0 Å². The molecule has 1 fully saturated rings. The quantitative estimate of drug-likeness (QED) is 0.113.